The van der Waals surface area contributed by atoms with Crippen molar-refractivity contribution >= 4 is 17.3 Å². The Morgan fingerprint density at radius 1 is 1.11 bits per heavy atom. The van der Waals surface area contributed by atoms with E-state index in [0.717, 1.165) is 37.9 Å². The summed E-state index contributed by atoms with van der Waals surface area (Å²) < 4.78 is 0. The zero-order valence-electron chi connectivity index (χ0n) is 15.8. The normalized spacial score (nSPS) is 31.0. The van der Waals surface area contributed by atoms with Crippen LogP contribution in [0.5, 0.6) is 0 Å². The van der Waals surface area contributed by atoms with E-state index in [2.05, 4.69) is 64.6 Å². The van der Waals surface area contributed by atoms with Gasteiger partial charge in [0, 0.05) is 17.6 Å². The summed E-state index contributed by atoms with van der Waals surface area (Å²) in [5.74, 6) is 0. The van der Waals surface area contributed by atoms with Crippen LogP contribution in [0.15, 0.2) is 42.7 Å². The second kappa shape index (κ2) is 7.02. The van der Waals surface area contributed by atoms with Crippen molar-refractivity contribution in [3.63, 3.8) is 0 Å². The van der Waals surface area contributed by atoms with Gasteiger partial charge in [-0.3, -0.25) is 10.2 Å². The summed E-state index contributed by atoms with van der Waals surface area (Å²) >= 11 is 5.79. The van der Waals surface area contributed by atoms with Gasteiger partial charge in [-0.15, -0.1) is 0 Å². The van der Waals surface area contributed by atoms with Crippen LogP contribution in [0.25, 0.3) is 0 Å². The SMILES string of the molecule is CN(C)[C@]1(c2ccccc2)CC[C@]2(CC1)CN(c1cnc(Cl)nc1)C(O)N2. The Kier molecular flexibility index (Phi) is 4.84. The topological polar surface area (TPSA) is 64.5 Å². The van der Waals surface area contributed by atoms with Crippen LogP contribution in [0.3, 0.4) is 0 Å². The van der Waals surface area contributed by atoms with Crippen molar-refractivity contribution in [3.8, 4) is 0 Å². The highest BCUT2D eigenvalue weighted by molar-refractivity contribution is 6.28. The van der Waals surface area contributed by atoms with Crippen LogP contribution in [-0.2, 0) is 5.54 Å². The number of rotatable bonds is 3. The van der Waals surface area contributed by atoms with Crippen molar-refractivity contribution in [2.45, 2.75) is 43.1 Å². The Labute approximate surface area is 165 Å². The first kappa shape index (κ1) is 18.6. The number of aliphatic hydroxyl groups excluding tert-OH is 1. The van der Waals surface area contributed by atoms with Gasteiger partial charge < -0.3 is 10.0 Å². The van der Waals surface area contributed by atoms with Gasteiger partial charge in [0.2, 0.25) is 5.28 Å². The first-order valence-electron chi connectivity index (χ1n) is 9.37. The van der Waals surface area contributed by atoms with E-state index in [1.165, 1.54) is 5.56 Å². The molecule has 2 N–H and O–H groups in total. The van der Waals surface area contributed by atoms with Gasteiger partial charge in [0.05, 0.1) is 18.1 Å². The van der Waals surface area contributed by atoms with E-state index in [-0.39, 0.29) is 16.4 Å². The summed E-state index contributed by atoms with van der Waals surface area (Å²) in [5.41, 5.74) is 2.08. The average molecular weight is 388 g/mol. The Hall–Kier alpha value is -1.73. The van der Waals surface area contributed by atoms with Crippen molar-refractivity contribution in [3.05, 3.63) is 53.6 Å². The predicted molar refractivity (Wildman–Crippen MR) is 107 cm³/mol. The summed E-state index contributed by atoms with van der Waals surface area (Å²) in [6.07, 6.45) is 6.64. The maximum Gasteiger partial charge on any atom is 0.222 e. The molecule has 1 saturated carbocycles. The smallest absolute Gasteiger partial charge is 0.222 e. The van der Waals surface area contributed by atoms with Gasteiger partial charge in [-0.2, -0.15) is 0 Å². The lowest BCUT2D eigenvalue weighted by atomic mass is 9.69. The average Bonchev–Trinajstić information content (AvgIpc) is 3.00. The van der Waals surface area contributed by atoms with Gasteiger partial charge in [0.25, 0.3) is 0 Å². The molecule has 1 aromatic carbocycles. The number of hydrogen-bond donors (Lipinski definition) is 2. The zero-order valence-corrected chi connectivity index (χ0v) is 16.5. The molecule has 2 heterocycles. The second-order valence-electron chi connectivity index (χ2n) is 7.93. The monoisotopic (exact) mass is 387 g/mol. The van der Waals surface area contributed by atoms with Crippen molar-refractivity contribution < 1.29 is 5.11 Å². The van der Waals surface area contributed by atoms with E-state index >= 15 is 0 Å². The van der Waals surface area contributed by atoms with E-state index in [9.17, 15) is 5.11 Å². The molecule has 1 unspecified atom stereocenters. The van der Waals surface area contributed by atoms with Crippen LogP contribution in [-0.4, -0.2) is 52.5 Å². The molecule has 0 amide bonds. The predicted octanol–water partition coefficient (Wildman–Crippen LogP) is 2.59. The highest BCUT2D eigenvalue weighted by atomic mass is 35.5. The van der Waals surface area contributed by atoms with Crippen molar-refractivity contribution in [2.24, 2.45) is 0 Å². The third kappa shape index (κ3) is 3.31. The third-order valence-corrected chi connectivity index (χ3v) is 6.54. The molecule has 0 bridgehead atoms. The summed E-state index contributed by atoms with van der Waals surface area (Å²) in [5, 5.41) is 14.3. The molecule has 2 fully saturated rings. The summed E-state index contributed by atoms with van der Waals surface area (Å²) in [4.78, 5) is 12.4. The number of aromatic nitrogens is 2. The lowest BCUT2D eigenvalue weighted by molar-refractivity contribution is 0.0513. The van der Waals surface area contributed by atoms with Crippen LogP contribution >= 0.6 is 11.6 Å². The molecule has 1 aromatic heterocycles. The van der Waals surface area contributed by atoms with Gasteiger partial charge in [0.1, 0.15) is 0 Å². The van der Waals surface area contributed by atoms with Crippen LogP contribution in [0.2, 0.25) is 5.28 Å². The summed E-state index contributed by atoms with van der Waals surface area (Å²) in [6, 6.07) is 10.8. The van der Waals surface area contributed by atoms with Gasteiger partial charge >= 0.3 is 0 Å². The van der Waals surface area contributed by atoms with Crippen LogP contribution in [0, 0.1) is 0 Å². The number of anilines is 1. The number of nitrogens with zero attached hydrogens (tertiary/aromatic N) is 4. The minimum absolute atomic E-state index is 0.0376. The molecule has 1 atom stereocenters. The molecule has 1 saturated heterocycles. The Morgan fingerprint density at radius 2 is 1.74 bits per heavy atom. The van der Waals surface area contributed by atoms with Gasteiger partial charge in [-0.05, 0) is 56.9 Å². The summed E-state index contributed by atoms with van der Waals surface area (Å²) in [7, 11) is 4.33. The van der Waals surface area contributed by atoms with E-state index < -0.39 is 6.35 Å². The van der Waals surface area contributed by atoms with Crippen molar-refractivity contribution in [2.75, 3.05) is 25.5 Å². The first-order chi connectivity index (χ1) is 12.9. The van der Waals surface area contributed by atoms with E-state index in [1.54, 1.807) is 12.4 Å². The number of hydrogen-bond acceptors (Lipinski definition) is 6. The number of halogens is 1. The highest BCUT2D eigenvalue weighted by Gasteiger charge is 2.50. The first-order valence-corrected chi connectivity index (χ1v) is 9.75. The van der Waals surface area contributed by atoms with Crippen LogP contribution < -0.4 is 10.2 Å². The molecule has 1 aliphatic carbocycles. The Morgan fingerprint density at radius 3 is 2.33 bits per heavy atom. The standard InChI is InChI=1S/C20H26ClN5O/c1-25(2)20(15-6-4-3-5-7-15)10-8-19(9-11-20)14-26(18(27)24-19)16-12-22-17(21)23-13-16/h3-7,12-13,18,24,27H,8-11,14H2,1-2H3/t18?,19-,20+. The molecule has 27 heavy (non-hydrogen) atoms. The molecule has 7 heteroatoms. The fourth-order valence-electron chi connectivity index (χ4n) is 4.68. The fraction of sp³-hybridized carbons (Fsp3) is 0.500. The highest BCUT2D eigenvalue weighted by Crippen LogP contribution is 2.46. The number of nitrogens with one attached hydrogen (secondary N) is 1. The fourth-order valence-corrected chi connectivity index (χ4v) is 4.78. The molecule has 0 radical (unpaired) electrons. The quantitative estimate of drug-likeness (QED) is 0.789. The zero-order chi connectivity index (χ0) is 19.1. The number of benzene rings is 1. The van der Waals surface area contributed by atoms with Crippen molar-refractivity contribution in [1.29, 1.82) is 0 Å². The molecular formula is C20H26ClN5O. The van der Waals surface area contributed by atoms with Gasteiger partial charge in [-0.25, -0.2) is 9.97 Å². The van der Waals surface area contributed by atoms with Gasteiger partial charge in [-0.1, -0.05) is 30.3 Å². The van der Waals surface area contributed by atoms with E-state index in [4.69, 9.17) is 11.6 Å². The molecule has 2 aliphatic rings. The largest absolute Gasteiger partial charge is 0.361 e. The minimum Gasteiger partial charge on any atom is -0.361 e. The maximum atomic E-state index is 10.6. The molecule has 1 spiro atoms. The minimum atomic E-state index is -0.738. The van der Waals surface area contributed by atoms with Gasteiger partial charge in [0.15, 0.2) is 6.35 Å². The molecule has 4 rings (SSSR count). The van der Waals surface area contributed by atoms with Crippen molar-refractivity contribution in [1.82, 2.24) is 20.2 Å². The van der Waals surface area contributed by atoms with E-state index in [1.807, 2.05) is 4.90 Å². The summed E-state index contributed by atoms with van der Waals surface area (Å²) in [6.45, 7) is 0.734. The molecular weight excluding hydrogens is 362 g/mol. The Bertz CT molecular complexity index is 775. The lowest BCUT2D eigenvalue weighted by Gasteiger charge is -2.49. The molecule has 1 aliphatic heterocycles. The molecule has 2 aromatic rings. The maximum absolute atomic E-state index is 10.6. The van der Waals surface area contributed by atoms with Crippen LogP contribution in [0.4, 0.5) is 5.69 Å². The number of aliphatic hydroxyl groups is 1. The van der Waals surface area contributed by atoms with Crippen LogP contribution in [0.1, 0.15) is 31.2 Å². The van der Waals surface area contributed by atoms with E-state index in [0.29, 0.717) is 0 Å². The third-order valence-electron chi connectivity index (χ3n) is 6.34. The second-order valence-corrected chi connectivity index (χ2v) is 8.27. The molecule has 144 valence electrons. The molecule has 6 nitrogen and oxygen atoms in total. The Balaban J connectivity index is 1.53. The lowest BCUT2D eigenvalue weighted by Crippen LogP contribution is -2.54.